The van der Waals surface area contributed by atoms with Gasteiger partial charge in [0.25, 0.3) is 5.79 Å². The molecule has 0 unspecified atom stereocenters. The van der Waals surface area contributed by atoms with Gasteiger partial charge in [0.1, 0.15) is 12.4 Å². The van der Waals surface area contributed by atoms with Crippen LogP contribution in [0.4, 0.5) is 0 Å². The Bertz CT molecular complexity index is 1310. The van der Waals surface area contributed by atoms with Gasteiger partial charge in [0.15, 0.2) is 17.1 Å². The lowest BCUT2D eigenvalue weighted by atomic mass is 9.70. The van der Waals surface area contributed by atoms with Gasteiger partial charge in [-0.2, -0.15) is 0 Å². The van der Waals surface area contributed by atoms with Crippen molar-refractivity contribution in [2.45, 2.75) is 59.0 Å². The number of allylic oxidation sites excluding steroid dienone is 5. The quantitative estimate of drug-likeness (QED) is 0.333. The van der Waals surface area contributed by atoms with Crippen molar-refractivity contribution in [3.63, 3.8) is 0 Å². The molecule has 0 aromatic heterocycles. The Labute approximate surface area is 216 Å². The van der Waals surface area contributed by atoms with E-state index in [0.29, 0.717) is 34.0 Å². The van der Waals surface area contributed by atoms with Crippen LogP contribution in [-0.4, -0.2) is 51.3 Å². The first-order valence-electron chi connectivity index (χ1n) is 12.3. The molecule has 0 amide bonds. The maximum Gasteiger partial charge on any atom is 0.274 e. The van der Waals surface area contributed by atoms with Crippen LogP contribution in [0.2, 0.25) is 0 Å². The van der Waals surface area contributed by atoms with Crippen LogP contribution in [0.1, 0.15) is 50.8 Å². The number of aromatic hydroxyl groups is 2. The number of fused-ring (bicyclic) bond motifs is 3. The summed E-state index contributed by atoms with van der Waals surface area (Å²) in [6, 6.07) is 0. The van der Waals surface area contributed by atoms with Crippen LogP contribution in [-0.2, 0) is 20.9 Å². The molecule has 0 bridgehead atoms. The SMILES string of the molecule is CC[C@H](C)/C=C(C)/C=C/C1=CC2=C(CO1)C(=O)[C@@](C)(O)[C@]1(OC)Oc3c(O)c(O)c(C)c(CO)c3C=C21. The lowest BCUT2D eigenvalue weighted by molar-refractivity contribution is -0.236. The summed E-state index contributed by atoms with van der Waals surface area (Å²) in [7, 11) is 1.29. The van der Waals surface area contributed by atoms with Crippen LogP contribution in [0.15, 0.2) is 52.4 Å². The molecule has 37 heavy (non-hydrogen) atoms. The lowest BCUT2D eigenvalue weighted by Crippen LogP contribution is -2.66. The number of carbonyl (C=O) groups is 1. The summed E-state index contributed by atoms with van der Waals surface area (Å²) in [6.45, 7) is 8.61. The van der Waals surface area contributed by atoms with Gasteiger partial charge in [-0.3, -0.25) is 4.79 Å². The second-order valence-corrected chi connectivity index (χ2v) is 9.94. The minimum atomic E-state index is -2.20. The van der Waals surface area contributed by atoms with E-state index < -0.39 is 35.3 Å². The molecule has 0 saturated heterocycles. The topological polar surface area (TPSA) is 126 Å². The third-order valence-electron chi connectivity index (χ3n) is 7.50. The third-order valence-corrected chi connectivity index (χ3v) is 7.50. The van der Waals surface area contributed by atoms with E-state index in [1.165, 1.54) is 14.0 Å². The first-order valence-corrected chi connectivity index (χ1v) is 12.3. The van der Waals surface area contributed by atoms with E-state index in [9.17, 15) is 25.2 Å². The number of methoxy groups -OCH3 is 1. The molecule has 2 aliphatic heterocycles. The van der Waals surface area contributed by atoms with Crippen LogP contribution < -0.4 is 4.74 Å². The van der Waals surface area contributed by atoms with Gasteiger partial charge < -0.3 is 34.6 Å². The van der Waals surface area contributed by atoms with Gasteiger partial charge in [0.2, 0.25) is 11.5 Å². The molecule has 8 nitrogen and oxygen atoms in total. The molecule has 0 fully saturated rings. The lowest BCUT2D eigenvalue weighted by Gasteiger charge is -2.50. The standard InChI is InChI=1S/C29H34O8/c1-7-15(2)10-16(3)8-9-18-11-19-22(14-36-18)27(33)28(5,34)29(35-6)23(19)12-20-21(13-30)17(4)24(31)25(32)26(20)37-29/h8-12,15,30-32,34H,7,13-14H2,1-6H3/b9-8+,16-10+/t15-,28+,29+/m0/s1. The fourth-order valence-electron chi connectivity index (χ4n) is 5.07. The molecule has 1 aromatic rings. The van der Waals surface area contributed by atoms with Crippen LogP contribution in [0.25, 0.3) is 6.08 Å². The van der Waals surface area contributed by atoms with Crippen LogP contribution in [0.3, 0.4) is 0 Å². The molecular weight excluding hydrogens is 476 g/mol. The number of phenols is 2. The highest BCUT2D eigenvalue weighted by Crippen LogP contribution is 2.56. The van der Waals surface area contributed by atoms with Crippen molar-refractivity contribution in [1.29, 1.82) is 0 Å². The summed E-state index contributed by atoms with van der Waals surface area (Å²) in [5, 5.41) is 42.7. The van der Waals surface area contributed by atoms with Crippen molar-refractivity contribution in [1.82, 2.24) is 0 Å². The predicted octanol–water partition coefficient (Wildman–Crippen LogP) is 4.11. The molecule has 0 radical (unpaired) electrons. The molecule has 2 heterocycles. The van der Waals surface area contributed by atoms with Gasteiger partial charge in [-0.1, -0.05) is 38.0 Å². The monoisotopic (exact) mass is 510 g/mol. The number of phenolic OH excluding ortho intramolecular Hbond substituents is 2. The first-order chi connectivity index (χ1) is 17.4. The maximum atomic E-state index is 13.5. The van der Waals surface area contributed by atoms with Gasteiger partial charge in [-0.25, -0.2) is 0 Å². The molecule has 3 atom stereocenters. The molecule has 4 N–H and O–H groups in total. The summed E-state index contributed by atoms with van der Waals surface area (Å²) in [5.41, 5.74) is 0.866. The predicted molar refractivity (Wildman–Crippen MR) is 138 cm³/mol. The van der Waals surface area contributed by atoms with E-state index >= 15 is 0 Å². The van der Waals surface area contributed by atoms with Crippen LogP contribution in [0.5, 0.6) is 17.2 Å². The summed E-state index contributed by atoms with van der Waals surface area (Å²) < 4.78 is 17.6. The van der Waals surface area contributed by atoms with E-state index in [1.54, 1.807) is 19.1 Å². The number of ketones is 1. The Hall–Kier alpha value is -3.33. The Morgan fingerprint density at radius 1 is 1.27 bits per heavy atom. The van der Waals surface area contributed by atoms with E-state index in [4.69, 9.17) is 14.2 Å². The fraction of sp³-hybridized carbons (Fsp3) is 0.414. The van der Waals surface area contributed by atoms with Gasteiger partial charge in [0, 0.05) is 29.4 Å². The molecule has 3 aliphatic rings. The van der Waals surface area contributed by atoms with Gasteiger partial charge in [-0.05, 0) is 56.1 Å². The number of Topliss-reactive ketones (excluding diaryl/α,β-unsaturated/α-hetero) is 1. The zero-order valence-corrected chi connectivity index (χ0v) is 22.0. The summed E-state index contributed by atoms with van der Waals surface area (Å²) in [4.78, 5) is 13.5. The largest absolute Gasteiger partial charge is 0.504 e. The molecule has 0 spiro atoms. The molecule has 8 heteroatoms. The van der Waals surface area contributed by atoms with Crippen molar-refractivity contribution in [2.75, 3.05) is 13.7 Å². The van der Waals surface area contributed by atoms with Crippen LogP contribution >= 0.6 is 0 Å². The van der Waals surface area contributed by atoms with Crippen molar-refractivity contribution in [2.24, 2.45) is 5.92 Å². The Kier molecular flexibility index (Phi) is 6.88. The Balaban J connectivity index is 1.94. The van der Waals surface area contributed by atoms with Gasteiger partial charge in [0.05, 0.1) is 6.61 Å². The number of ether oxygens (including phenoxy) is 3. The molecule has 0 saturated carbocycles. The normalized spacial score (nSPS) is 26.1. The molecule has 198 valence electrons. The summed E-state index contributed by atoms with van der Waals surface area (Å²) in [6.07, 6.45) is 10.3. The van der Waals surface area contributed by atoms with Crippen molar-refractivity contribution in [3.05, 3.63) is 69.0 Å². The van der Waals surface area contributed by atoms with E-state index in [0.717, 1.165) is 12.0 Å². The maximum absolute atomic E-state index is 13.5. The average molecular weight is 511 g/mol. The number of carbonyl (C=O) groups excluding carboxylic acids is 1. The molecular formula is C29H34O8. The van der Waals surface area contributed by atoms with Gasteiger partial charge in [-0.15, -0.1) is 0 Å². The summed E-state index contributed by atoms with van der Waals surface area (Å²) >= 11 is 0. The minimum absolute atomic E-state index is 0.0642. The Morgan fingerprint density at radius 2 is 1.97 bits per heavy atom. The summed E-state index contributed by atoms with van der Waals surface area (Å²) in [5.74, 6) is -2.97. The van der Waals surface area contributed by atoms with E-state index in [-0.39, 0.29) is 23.5 Å². The van der Waals surface area contributed by atoms with E-state index in [1.807, 2.05) is 19.1 Å². The number of aliphatic hydroxyl groups excluding tert-OH is 1. The first kappa shape index (κ1) is 26.7. The second kappa shape index (κ2) is 9.52. The van der Waals surface area contributed by atoms with Crippen LogP contribution in [0, 0.1) is 12.8 Å². The highest BCUT2D eigenvalue weighted by Gasteiger charge is 2.64. The zero-order valence-electron chi connectivity index (χ0n) is 22.0. The average Bonchev–Trinajstić information content (AvgIpc) is 2.89. The highest BCUT2D eigenvalue weighted by atomic mass is 16.7. The van der Waals surface area contributed by atoms with Crippen molar-refractivity contribution >= 4 is 11.9 Å². The zero-order chi connectivity index (χ0) is 27.3. The van der Waals surface area contributed by atoms with E-state index in [2.05, 4.69) is 19.9 Å². The van der Waals surface area contributed by atoms with Crippen molar-refractivity contribution < 1.29 is 39.4 Å². The molecule has 1 aromatic carbocycles. The van der Waals surface area contributed by atoms with Crippen molar-refractivity contribution in [3.8, 4) is 17.2 Å². The number of aliphatic hydroxyl groups is 2. The second-order valence-electron chi connectivity index (χ2n) is 9.94. The number of hydrogen-bond acceptors (Lipinski definition) is 8. The molecule has 1 aliphatic carbocycles. The number of hydrogen-bond donors (Lipinski definition) is 4. The third kappa shape index (κ3) is 4.00. The fourth-order valence-corrected chi connectivity index (χ4v) is 5.07. The van der Waals surface area contributed by atoms with Gasteiger partial charge >= 0.3 is 0 Å². The highest BCUT2D eigenvalue weighted by molar-refractivity contribution is 6.08. The Morgan fingerprint density at radius 3 is 2.59 bits per heavy atom. The molecule has 4 rings (SSSR count). The number of rotatable bonds is 6. The minimum Gasteiger partial charge on any atom is -0.504 e. The smallest absolute Gasteiger partial charge is 0.274 e. The number of benzene rings is 1.